The Kier molecular flexibility index (Phi) is 7.24. The fourth-order valence-electron chi connectivity index (χ4n) is 2.70. The fraction of sp³-hybridized carbons (Fsp3) is 0.882. The minimum absolute atomic E-state index is 0.140. The number of carbonyl (C=O) groups is 2. The largest absolute Gasteiger partial charge is 0.459 e. The van der Waals surface area contributed by atoms with Crippen LogP contribution in [0.1, 0.15) is 53.9 Å². The van der Waals surface area contributed by atoms with Gasteiger partial charge in [0.1, 0.15) is 11.2 Å². The zero-order chi connectivity index (χ0) is 17.7. The van der Waals surface area contributed by atoms with Gasteiger partial charge in [-0.3, -0.25) is 4.79 Å². The highest BCUT2D eigenvalue weighted by molar-refractivity contribution is 7.98. The fourth-order valence-corrected chi connectivity index (χ4v) is 3.07. The normalized spacial score (nSPS) is 17.0. The highest BCUT2D eigenvalue weighted by atomic mass is 32.2. The lowest BCUT2D eigenvalue weighted by atomic mass is 9.83. The monoisotopic (exact) mass is 345 g/mol. The number of hydrogen-bond acceptors (Lipinski definition) is 5. The molecule has 0 radical (unpaired) electrons. The maximum Gasteiger partial charge on any atom is 0.410 e. The molecule has 134 valence electrons. The van der Waals surface area contributed by atoms with Gasteiger partial charge in [0, 0.05) is 24.8 Å². The van der Waals surface area contributed by atoms with Gasteiger partial charge in [0.05, 0.1) is 6.42 Å². The first-order valence-electron chi connectivity index (χ1n) is 8.24. The maximum absolute atomic E-state index is 12.1. The van der Waals surface area contributed by atoms with Crippen LogP contribution in [-0.4, -0.2) is 53.3 Å². The lowest BCUT2D eigenvalue weighted by Gasteiger charge is -2.40. The number of likely N-dealkylation sites (tertiary alicyclic amines) is 1. The number of amides is 1. The van der Waals surface area contributed by atoms with Gasteiger partial charge in [0.15, 0.2) is 0 Å². The van der Waals surface area contributed by atoms with E-state index in [9.17, 15) is 9.59 Å². The summed E-state index contributed by atoms with van der Waals surface area (Å²) in [5, 5.41) is 0. The molecule has 1 aliphatic heterocycles. The van der Waals surface area contributed by atoms with E-state index in [4.69, 9.17) is 9.47 Å². The van der Waals surface area contributed by atoms with Crippen LogP contribution >= 0.6 is 11.8 Å². The average Bonchev–Trinajstić information content (AvgIpc) is 2.43. The van der Waals surface area contributed by atoms with E-state index < -0.39 is 11.2 Å². The van der Waals surface area contributed by atoms with Crippen molar-refractivity contribution in [2.45, 2.75) is 65.1 Å². The Morgan fingerprint density at radius 3 is 2.13 bits per heavy atom. The van der Waals surface area contributed by atoms with Gasteiger partial charge in [-0.1, -0.05) is 0 Å². The number of carbonyl (C=O) groups excluding carboxylic acids is 2. The van der Waals surface area contributed by atoms with Gasteiger partial charge < -0.3 is 14.4 Å². The number of ether oxygens (including phenoxy) is 2. The van der Waals surface area contributed by atoms with Gasteiger partial charge in [0.2, 0.25) is 0 Å². The Morgan fingerprint density at radius 2 is 1.65 bits per heavy atom. The molecule has 0 aromatic carbocycles. The van der Waals surface area contributed by atoms with Crippen molar-refractivity contribution >= 4 is 23.8 Å². The molecule has 1 fully saturated rings. The molecule has 0 unspecified atom stereocenters. The molecule has 1 saturated heterocycles. The number of hydrogen-bond donors (Lipinski definition) is 0. The quantitative estimate of drug-likeness (QED) is 0.711. The molecule has 6 heteroatoms. The molecule has 0 aliphatic carbocycles. The summed E-state index contributed by atoms with van der Waals surface area (Å²) < 4.78 is 11.1. The molecule has 0 N–H and O–H groups in total. The van der Waals surface area contributed by atoms with Gasteiger partial charge in [-0.25, -0.2) is 4.79 Å². The Hall–Kier alpha value is -0.910. The number of esters is 1. The van der Waals surface area contributed by atoms with E-state index >= 15 is 0 Å². The predicted octanol–water partition coefficient (Wildman–Crippen LogP) is 3.71. The lowest BCUT2D eigenvalue weighted by Crippen LogP contribution is -2.47. The van der Waals surface area contributed by atoms with E-state index in [1.165, 1.54) is 0 Å². The van der Waals surface area contributed by atoms with Crippen LogP contribution in [0.4, 0.5) is 4.79 Å². The summed E-state index contributed by atoms with van der Waals surface area (Å²) in [5.74, 6) is 0.907. The van der Waals surface area contributed by atoms with Crippen molar-refractivity contribution in [2.24, 2.45) is 5.92 Å². The maximum atomic E-state index is 12.1. The highest BCUT2D eigenvalue weighted by Crippen LogP contribution is 2.32. The Morgan fingerprint density at radius 1 is 1.09 bits per heavy atom. The van der Waals surface area contributed by atoms with Crippen molar-refractivity contribution < 1.29 is 19.1 Å². The zero-order valence-corrected chi connectivity index (χ0v) is 16.1. The van der Waals surface area contributed by atoms with Crippen molar-refractivity contribution in [1.29, 1.82) is 0 Å². The highest BCUT2D eigenvalue weighted by Gasteiger charge is 2.37. The molecule has 1 heterocycles. The van der Waals surface area contributed by atoms with Crippen LogP contribution in [-0.2, 0) is 14.3 Å². The molecule has 0 saturated carbocycles. The van der Waals surface area contributed by atoms with Crippen LogP contribution < -0.4 is 0 Å². The standard InChI is InChI=1S/C17H31NO4S/c1-16(2,3)22-15(20)18-10-7-13(8-11-18)17(4,5)21-14(19)9-12-23-6/h13H,7-12H2,1-6H3. The van der Waals surface area contributed by atoms with Crippen molar-refractivity contribution in [3.05, 3.63) is 0 Å². The topological polar surface area (TPSA) is 55.8 Å². The molecule has 1 rings (SSSR count). The summed E-state index contributed by atoms with van der Waals surface area (Å²) in [6, 6.07) is 0. The molecular formula is C17H31NO4S. The first-order valence-corrected chi connectivity index (χ1v) is 9.63. The minimum Gasteiger partial charge on any atom is -0.459 e. The SMILES string of the molecule is CSCCC(=O)OC(C)(C)C1CCN(C(=O)OC(C)(C)C)CC1. The Bertz CT molecular complexity index is 409. The molecule has 0 bridgehead atoms. The van der Waals surface area contributed by atoms with Crippen molar-refractivity contribution in [3.63, 3.8) is 0 Å². The van der Waals surface area contributed by atoms with Crippen LogP contribution in [0.3, 0.4) is 0 Å². The first-order chi connectivity index (χ1) is 10.5. The van der Waals surface area contributed by atoms with Gasteiger partial charge in [0.25, 0.3) is 0 Å². The van der Waals surface area contributed by atoms with Gasteiger partial charge in [-0.15, -0.1) is 0 Å². The third-order valence-corrected chi connectivity index (χ3v) is 4.63. The number of rotatable bonds is 5. The summed E-state index contributed by atoms with van der Waals surface area (Å²) in [7, 11) is 0. The average molecular weight is 346 g/mol. The molecular weight excluding hydrogens is 314 g/mol. The second-order valence-electron chi connectivity index (χ2n) is 7.56. The van der Waals surface area contributed by atoms with Crippen molar-refractivity contribution in [3.8, 4) is 0 Å². The summed E-state index contributed by atoms with van der Waals surface area (Å²) >= 11 is 1.64. The third kappa shape index (κ3) is 7.02. The molecule has 23 heavy (non-hydrogen) atoms. The van der Waals surface area contributed by atoms with Crippen molar-refractivity contribution in [1.82, 2.24) is 4.90 Å². The summed E-state index contributed by atoms with van der Waals surface area (Å²) in [4.78, 5) is 25.7. The van der Waals surface area contributed by atoms with Gasteiger partial charge in [-0.05, 0) is 53.7 Å². The van der Waals surface area contributed by atoms with E-state index in [2.05, 4.69) is 0 Å². The van der Waals surface area contributed by atoms with E-state index in [0.29, 0.717) is 19.5 Å². The molecule has 0 aromatic heterocycles. The molecule has 5 nitrogen and oxygen atoms in total. The number of thioether (sulfide) groups is 1. The number of piperidine rings is 1. The minimum atomic E-state index is -0.491. The molecule has 1 amide bonds. The molecule has 1 aliphatic rings. The van der Waals surface area contributed by atoms with Gasteiger partial charge >= 0.3 is 12.1 Å². The van der Waals surface area contributed by atoms with Crippen LogP contribution in [0.2, 0.25) is 0 Å². The summed E-state index contributed by atoms with van der Waals surface area (Å²) in [5.41, 5.74) is -0.963. The second kappa shape index (κ2) is 8.27. The van der Waals surface area contributed by atoms with Crippen LogP contribution in [0.5, 0.6) is 0 Å². The lowest BCUT2D eigenvalue weighted by molar-refractivity contribution is -0.163. The summed E-state index contributed by atoms with van der Waals surface area (Å²) in [6.07, 6.45) is 3.81. The molecule has 0 spiro atoms. The third-order valence-electron chi connectivity index (χ3n) is 4.02. The molecule has 0 atom stereocenters. The van der Waals surface area contributed by atoms with Crippen LogP contribution in [0.25, 0.3) is 0 Å². The Labute approximate surface area is 144 Å². The van der Waals surface area contributed by atoms with Crippen molar-refractivity contribution in [2.75, 3.05) is 25.1 Å². The van der Waals surface area contributed by atoms with E-state index in [1.54, 1.807) is 16.7 Å². The van der Waals surface area contributed by atoms with Crippen LogP contribution in [0, 0.1) is 5.92 Å². The van der Waals surface area contributed by atoms with Gasteiger partial charge in [-0.2, -0.15) is 11.8 Å². The molecule has 0 aromatic rings. The second-order valence-corrected chi connectivity index (χ2v) is 8.55. The first kappa shape index (κ1) is 20.1. The summed E-state index contributed by atoms with van der Waals surface area (Å²) in [6.45, 7) is 10.8. The van der Waals surface area contributed by atoms with E-state index in [0.717, 1.165) is 18.6 Å². The number of nitrogens with zero attached hydrogens (tertiary/aromatic N) is 1. The van der Waals surface area contributed by atoms with E-state index in [1.807, 2.05) is 40.9 Å². The predicted molar refractivity (Wildman–Crippen MR) is 93.7 cm³/mol. The smallest absolute Gasteiger partial charge is 0.410 e. The Balaban J connectivity index is 2.48. The van der Waals surface area contributed by atoms with Crippen LogP contribution in [0.15, 0.2) is 0 Å². The zero-order valence-electron chi connectivity index (χ0n) is 15.3. The van der Waals surface area contributed by atoms with E-state index in [-0.39, 0.29) is 18.0 Å².